The summed E-state index contributed by atoms with van der Waals surface area (Å²) >= 11 is 0. The minimum absolute atomic E-state index is 0.0107. The quantitative estimate of drug-likeness (QED) is 0.684. The Morgan fingerprint density at radius 3 is 2.45 bits per heavy atom. The number of amides is 1. The molecule has 0 fully saturated rings. The highest BCUT2D eigenvalue weighted by molar-refractivity contribution is 7.89. The first-order valence-corrected chi connectivity index (χ1v) is 10.9. The van der Waals surface area contributed by atoms with Gasteiger partial charge in [-0.05, 0) is 11.6 Å². The number of carbonyl (C=O) groups excluding carboxylic acids is 1. The molecular formula is C20H24N4O4S. The molecule has 8 nitrogen and oxygen atoms in total. The second-order valence-corrected chi connectivity index (χ2v) is 8.54. The van der Waals surface area contributed by atoms with Crippen molar-refractivity contribution in [1.82, 2.24) is 13.9 Å². The molecule has 0 unspecified atom stereocenters. The first-order valence-electron chi connectivity index (χ1n) is 9.50. The summed E-state index contributed by atoms with van der Waals surface area (Å²) in [4.78, 5) is 24.8. The Morgan fingerprint density at radius 1 is 1.10 bits per heavy atom. The Morgan fingerprint density at radius 2 is 1.79 bits per heavy atom. The van der Waals surface area contributed by atoms with E-state index in [1.165, 1.54) is 27.6 Å². The SMILES string of the molecule is CCN(CC)S(=O)(=O)c1ccc(=O)n(CC(=O)N2CCC(c3ccccc3)=N2)c1. The zero-order valence-electron chi connectivity index (χ0n) is 16.5. The normalized spacial score (nSPS) is 14.3. The van der Waals surface area contributed by atoms with Gasteiger partial charge >= 0.3 is 0 Å². The first kappa shape index (κ1) is 20.9. The molecule has 0 spiro atoms. The number of benzene rings is 1. The summed E-state index contributed by atoms with van der Waals surface area (Å²) in [7, 11) is -3.72. The predicted octanol–water partition coefficient (Wildman–Crippen LogP) is 1.52. The van der Waals surface area contributed by atoms with Crippen molar-refractivity contribution in [3.63, 3.8) is 0 Å². The Balaban J connectivity index is 1.81. The fourth-order valence-corrected chi connectivity index (χ4v) is 4.67. The van der Waals surface area contributed by atoms with E-state index in [0.717, 1.165) is 15.8 Å². The van der Waals surface area contributed by atoms with Crippen molar-refractivity contribution in [3.8, 4) is 0 Å². The smallest absolute Gasteiger partial charge is 0.262 e. The summed E-state index contributed by atoms with van der Waals surface area (Å²) in [5.41, 5.74) is 1.32. The topological polar surface area (TPSA) is 92.0 Å². The van der Waals surface area contributed by atoms with Crippen LogP contribution in [0.2, 0.25) is 0 Å². The maximum Gasteiger partial charge on any atom is 0.262 e. The van der Waals surface area contributed by atoms with Gasteiger partial charge in [0.05, 0.1) is 17.2 Å². The molecule has 9 heteroatoms. The van der Waals surface area contributed by atoms with E-state index in [1.807, 2.05) is 30.3 Å². The number of hydrogen-bond acceptors (Lipinski definition) is 5. The lowest BCUT2D eigenvalue weighted by atomic mass is 10.1. The molecule has 0 bridgehead atoms. The van der Waals surface area contributed by atoms with Crippen LogP contribution in [0.25, 0.3) is 0 Å². The fourth-order valence-electron chi connectivity index (χ4n) is 3.20. The van der Waals surface area contributed by atoms with E-state index in [9.17, 15) is 18.0 Å². The summed E-state index contributed by atoms with van der Waals surface area (Å²) in [5.74, 6) is -0.365. The van der Waals surface area contributed by atoms with Crippen LogP contribution in [0, 0.1) is 0 Å². The lowest BCUT2D eigenvalue weighted by molar-refractivity contribution is -0.131. The Hall–Kier alpha value is -2.78. The molecule has 0 saturated heterocycles. The van der Waals surface area contributed by atoms with Crippen LogP contribution in [-0.4, -0.2) is 53.6 Å². The number of rotatable bonds is 7. The molecule has 3 rings (SSSR count). The Labute approximate surface area is 170 Å². The van der Waals surface area contributed by atoms with E-state index in [1.54, 1.807) is 13.8 Å². The van der Waals surface area contributed by atoms with Gasteiger partial charge < -0.3 is 4.57 Å². The highest BCUT2D eigenvalue weighted by Crippen LogP contribution is 2.16. The van der Waals surface area contributed by atoms with Gasteiger partial charge in [-0.3, -0.25) is 9.59 Å². The van der Waals surface area contributed by atoms with Crippen LogP contribution in [0.5, 0.6) is 0 Å². The van der Waals surface area contributed by atoms with E-state index in [2.05, 4.69) is 5.10 Å². The third-order valence-corrected chi connectivity index (χ3v) is 6.84. The number of pyridine rings is 1. The lowest BCUT2D eigenvalue weighted by Gasteiger charge is -2.19. The second kappa shape index (κ2) is 8.71. The molecule has 1 aromatic heterocycles. The molecule has 0 aliphatic carbocycles. The third-order valence-electron chi connectivity index (χ3n) is 4.80. The first-order chi connectivity index (χ1) is 13.9. The molecule has 1 aliphatic rings. The molecule has 29 heavy (non-hydrogen) atoms. The van der Waals surface area contributed by atoms with E-state index in [-0.39, 0.29) is 17.3 Å². The molecule has 0 saturated carbocycles. The maximum absolute atomic E-state index is 12.7. The van der Waals surface area contributed by atoms with Crippen molar-refractivity contribution in [1.29, 1.82) is 0 Å². The third kappa shape index (κ3) is 4.46. The van der Waals surface area contributed by atoms with Crippen molar-refractivity contribution < 1.29 is 13.2 Å². The summed E-state index contributed by atoms with van der Waals surface area (Å²) in [6, 6.07) is 12.0. The van der Waals surface area contributed by atoms with Gasteiger partial charge in [0.25, 0.3) is 11.5 Å². The van der Waals surface area contributed by atoms with E-state index in [0.29, 0.717) is 26.1 Å². The lowest BCUT2D eigenvalue weighted by Crippen LogP contribution is -2.34. The predicted molar refractivity (Wildman–Crippen MR) is 110 cm³/mol. The summed E-state index contributed by atoms with van der Waals surface area (Å²) in [5, 5.41) is 5.70. The summed E-state index contributed by atoms with van der Waals surface area (Å²) in [6.07, 6.45) is 1.85. The number of aromatic nitrogens is 1. The van der Waals surface area contributed by atoms with Gasteiger partial charge in [-0.25, -0.2) is 13.4 Å². The zero-order valence-corrected chi connectivity index (χ0v) is 17.3. The molecule has 154 valence electrons. The van der Waals surface area contributed by atoms with Crippen LogP contribution < -0.4 is 5.56 Å². The number of hydrogen-bond donors (Lipinski definition) is 0. The number of hydrazone groups is 1. The van der Waals surface area contributed by atoms with Gasteiger partial charge in [-0.15, -0.1) is 0 Å². The van der Waals surface area contributed by atoms with E-state index in [4.69, 9.17) is 0 Å². The molecular weight excluding hydrogens is 392 g/mol. The standard InChI is InChI=1S/C20H24N4O4S/c1-3-23(4-2)29(27,28)17-10-11-19(25)22(14-17)15-20(26)24-13-12-18(21-24)16-8-6-5-7-9-16/h5-11,14H,3-4,12-13,15H2,1-2H3. The maximum atomic E-state index is 12.7. The minimum atomic E-state index is -3.72. The average molecular weight is 417 g/mol. The van der Waals surface area contributed by atoms with Crippen LogP contribution in [-0.2, 0) is 21.4 Å². The summed E-state index contributed by atoms with van der Waals surface area (Å²) in [6.45, 7) is 4.29. The molecule has 0 N–H and O–H groups in total. The van der Waals surface area contributed by atoms with Gasteiger partial charge in [0.2, 0.25) is 10.0 Å². The van der Waals surface area contributed by atoms with Gasteiger partial charge in [0.15, 0.2) is 0 Å². The molecule has 1 aliphatic heterocycles. The van der Waals surface area contributed by atoms with Gasteiger partial charge in [0.1, 0.15) is 6.54 Å². The van der Waals surface area contributed by atoms with Crippen molar-refractivity contribution >= 4 is 21.6 Å². The van der Waals surface area contributed by atoms with E-state index >= 15 is 0 Å². The molecule has 1 amide bonds. The largest absolute Gasteiger partial charge is 0.305 e. The van der Waals surface area contributed by atoms with Crippen LogP contribution in [0.4, 0.5) is 0 Å². The zero-order chi connectivity index (χ0) is 21.0. The highest BCUT2D eigenvalue weighted by Gasteiger charge is 2.25. The Kier molecular flexibility index (Phi) is 6.29. The van der Waals surface area contributed by atoms with Gasteiger partial charge in [0, 0.05) is 31.8 Å². The van der Waals surface area contributed by atoms with Crippen molar-refractivity contribution in [2.45, 2.75) is 31.7 Å². The average Bonchev–Trinajstić information content (AvgIpc) is 3.21. The van der Waals surface area contributed by atoms with Crippen molar-refractivity contribution in [3.05, 3.63) is 64.6 Å². The molecule has 2 aromatic rings. The number of nitrogens with zero attached hydrogens (tertiary/aromatic N) is 4. The minimum Gasteiger partial charge on any atom is -0.305 e. The van der Waals surface area contributed by atoms with E-state index < -0.39 is 15.6 Å². The van der Waals surface area contributed by atoms with Gasteiger partial charge in [-0.1, -0.05) is 44.2 Å². The van der Waals surface area contributed by atoms with Crippen LogP contribution in [0.3, 0.4) is 0 Å². The second-order valence-electron chi connectivity index (χ2n) is 6.60. The molecule has 0 radical (unpaired) electrons. The monoisotopic (exact) mass is 416 g/mol. The number of carbonyl (C=O) groups is 1. The highest BCUT2D eigenvalue weighted by atomic mass is 32.2. The Bertz CT molecular complexity index is 1070. The fraction of sp³-hybridized carbons (Fsp3) is 0.350. The molecule has 2 heterocycles. The van der Waals surface area contributed by atoms with Crippen molar-refractivity contribution in [2.75, 3.05) is 19.6 Å². The van der Waals surface area contributed by atoms with Crippen LogP contribution >= 0.6 is 0 Å². The van der Waals surface area contributed by atoms with Gasteiger partial charge in [-0.2, -0.15) is 9.41 Å². The van der Waals surface area contributed by atoms with Crippen LogP contribution in [0.1, 0.15) is 25.8 Å². The summed E-state index contributed by atoms with van der Waals surface area (Å²) < 4.78 is 27.8. The van der Waals surface area contributed by atoms with Crippen LogP contribution in [0.15, 0.2) is 63.5 Å². The molecule has 0 atom stereocenters. The van der Waals surface area contributed by atoms with Crippen molar-refractivity contribution in [2.24, 2.45) is 5.10 Å². The molecule has 1 aromatic carbocycles. The number of sulfonamides is 1.